The number of nitrogens with two attached hydrogens (primary N) is 1. The van der Waals surface area contributed by atoms with Crippen LogP contribution in [0.1, 0.15) is 0 Å². The van der Waals surface area contributed by atoms with Crippen molar-refractivity contribution in [3.63, 3.8) is 0 Å². The minimum absolute atomic E-state index is 0.123. The molecule has 0 heterocycles. The molecule has 2 N–H and O–H groups in total. The van der Waals surface area contributed by atoms with Crippen molar-refractivity contribution in [2.75, 3.05) is 13.2 Å². The molecule has 0 aliphatic rings. The van der Waals surface area contributed by atoms with E-state index in [9.17, 15) is 14.5 Å². The molecule has 1 rings (SSSR count). The molecule has 0 saturated carbocycles. The summed E-state index contributed by atoms with van der Waals surface area (Å²) in [6, 6.07) is 3.10. The third-order valence-corrected chi connectivity index (χ3v) is 1.50. The first-order chi connectivity index (χ1) is 6.65. The van der Waals surface area contributed by atoms with Gasteiger partial charge in [-0.25, -0.2) is 4.39 Å². The third kappa shape index (κ3) is 2.40. The molecule has 0 aliphatic carbocycles. The van der Waals surface area contributed by atoms with Crippen LogP contribution in [0.5, 0.6) is 5.75 Å². The van der Waals surface area contributed by atoms with Crippen LogP contribution in [0.2, 0.25) is 0 Å². The maximum absolute atomic E-state index is 13.0. The fraction of sp³-hybridized carbons (Fsp3) is 0.250. The molecule has 0 spiro atoms. The molecule has 0 unspecified atom stereocenters. The van der Waals surface area contributed by atoms with E-state index in [-0.39, 0.29) is 24.6 Å². The zero-order valence-corrected chi connectivity index (χ0v) is 7.27. The fourth-order valence-corrected chi connectivity index (χ4v) is 0.885. The summed E-state index contributed by atoms with van der Waals surface area (Å²) < 4.78 is 17.8. The Morgan fingerprint density at radius 3 is 2.86 bits per heavy atom. The van der Waals surface area contributed by atoms with E-state index >= 15 is 0 Å². The summed E-state index contributed by atoms with van der Waals surface area (Å²) >= 11 is 0. The van der Waals surface area contributed by atoms with Gasteiger partial charge in [-0.2, -0.15) is 0 Å². The van der Waals surface area contributed by atoms with Crippen LogP contribution in [0.15, 0.2) is 18.2 Å². The molecule has 0 aliphatic heterocycles. The molecule has 1 aromatic rings. The molecule has 0 bridgehead atoms. The lowest BCUT2D eigenvalue weighted by Gasteiger charge is -2.04. The molecule has 0 atom stereocenters. The van der Waals surface area contributed by atoms with Gasteiger partial charge in [-0.3, -0.25) is 10.1 Å². The lowest BCUT2D eigenvalue weighted by molar-refractivity contribution is -0.385. The van der Waals surface area contributed by atoms with Crippen LogP contribution in [-0.4, -0.2) is 18.1 Å². The van der Waals surface area contributed by atoms with Crippen LogP contribution in [0.3, 0.4) is 0 Å². The van der Waals surface area contributed by atoms with Gasteiger partial charge in [0.1, 0.15) is 6.61 Å². The molecule has 14 heavy (non-hydrogen) atoms. The lowest BCUT2D eigenvalue weighted by atomic mass is 10.3. The number of hydrogen-bond donors (Lipinski definition) is 1. The second-order valence-electron chi connectivity index (χ2n) is 2.51. The molecular formula is C8H9FN2O3. The van der Waals surface area contributed by atoms with Gasteiger partial charge in [-0.05, 0) is 6.07 Å². The first kappa shape index (κ1) is 10.4. The smallest absolute Gasteiger partial charge is 0.273 e. The summed E-state index contributed by atoms with van der Waals surface area (Å²) in [6.45, 7) is 0.347. The van der Waals surface area contributed by atoms with Crippen LogP contribution in [0, 0.1) is 15.9 Å². The van der Waals surface area contributed by atoms with Gasteiger partial charge in [-0.15, -0.1) is 0 Å². The van der Waals surface area contributed by atoms with E-state index in [0.29, 0.717) is 0 Å². The van der Waals surface area contributed by atoms with Crippen LogP contribution < -0.4 is 10.5 Å². The zero-order valence-electron chi connectivity index (χ0n) is 7.27. The average molecular weight is 200 g/mol. The molecule has 1 aromatic carbocycles. The maximum Gasteiger partial charge on any atom is 0.273 e. The van der Waals surface area contributed by atoms with Crippen LogP contribution in [0.4, 0.5) is 10.1 Å². The quantitative estimate of drug-likeness (QED) is 0.582. The molecule has 0 radical (unpaired) electrons. The number of halogens is 1. The molecule has 5 nitrogen and oxygen atoms in total. The third-order valence-electron chi connectivity index (χ3n) is 1.50. The van der Waals surface area contributed by atoms with Gasteiger partial charge in [-0.1, -0.05) is 0 Å². The van der Waals surface area contributed by atoms with Crippen LogP contribution >= 0.6 is 0 Å². The monoisotopic (exact) mass is 200 g/mol. The topological polar surface area (TPSA) is 78.4 Å². The number of ether oxygens (including phenoxy) is 1. The van der Waals surface area contributed by atoms with E-state index in [1.54, 1.807) is 0 Å². The largest absolute Gasteiger partial charge is 0.489 e. The standard InChI is InChI=1S/C8H9FN2O3/c9-7-2-1-6(11(12)13)5-8(7)14-4-3-10/h1-2,5H,3-4,10H2. The summed E-state index contributed by atoms with van der Waals surface area (Å²) in [7, 11) is 0. The van der Waals surface area contributed by atoms with Gasteiger partial charge in [0.2, 0.25) is 0 Å². The molecule has 0 fully saturated rings. The Bertz CT molecular complexity index is 343. The molecular weight excluding hydrogens is 191 g/mol. The summed E-state index contributed by atoms with van der Waals surface area (Å²) in [5.41, 5.74) is 4.93. The first-order valence-corrected chi connectivity index (χ1v) is 3.92. The highest BCUT2D eigenvalue weighted by molar-refractivity contribution is 5.39. The van der Waals surface area contributed by atoms with Crippen molar-refractivity contribution in [2.24, 2.45) is 5.73 Å². The van der Waals surface area contributed by atoms with Crippen molar-refractivity contribution >= 4 is 5.69 Å². The van der Waals surface area contributed by atoms with Crippen LogP contribution in [-0.2, 0) is 0 Å². The lowest BCUT2D eigenvalue weighted by Crippen LogP contribution is -2.11. The summed E-state index contributed by atoms with van der Waals surface area (Å²) in [5, 5.41) is 10.3. The maximum atomic E-state index is 13.0. The number of rotatable bonds is 4. The number of benzene rings is 1. The molecule has 76 valence electrons. The number of nitro benzene ring substituents is 1. The molecule has 0 saturated heterocycles. The number of nitro groups is 1. The van der Waals surface area contributed by atoms with Gasteiger partial charge in [0.15, 0.2) is 11.6 Å². The normalized spacial score (nSPS) is 9.86. The Kier molecular flexibility index (Phi) is 3.35. The molecule has 0 aromatic heterocycles. The predicted octanol–water partition coefficient (Wildman–Crippen LogP) is 1.07. The van der Waals surface area contributed by atoms with E-state index in [1.165, 1.54) is 0 Å². The second-order valence-corrected chi connectivity index (χ2v) is 2.51. The van der Waals surface area contributed by atoms with Crippen molar-refractivity contribution in [3.8, 4) is 5.75 Å². The van der Waals surface area contributed by atoms with E-state index in [4.69, 9.17) is 10.5 Å². The van der Waals surface area contributed by atoms with Gasteiger partial charge < -0.3 is 10.5 Å². The second kappa shape index (κ2) is 4.52. The SMILES string of the molecule is NCCOc1cc([N+](=O)[O-])ccc1F. The highest BCUT2D eigenvalue weighted by atomic mass is 19.1. The number of nitrogens with zero attached hydrogens (tertiary/aromatic N) is 1. The predicted molar refractivity (Wildman–Crippen MR) is 47.6 cm³/mol. The van der Waals surface area contributed by atoms with E-state index in [0.717, 1.165) is 18.2 Å². The van der Waals surface area contributed by atoms with Crippen molar-refractivity contribution in [1.29, 1.82) is 0 Å². The van der Waals surface area contributed by atoms with Crippen molar-refractivity contribution in [3.05, 3.63) is 34.1 Å². The number of non-ortho nitro benzene ring substituents is 1. The Morgan fingerprint density at radius 2 is 2.29 bits per heavy atom. The van der Waals surface area contributed by atoms with E-state index < -0.39 is 10.7 Å². The Balaban J connectivity index is 2.90. The minimum atomic E-state index is -0.635. The van der Waals surface area contributed by atoms with E-state index in [1.807, 2.05) is 0 Å². The van der Waals surface area contributed by atoms with Crippen molar-refractivity contribution in [2.45, 2.75) is 0 Å². The van der Waals surface area contributed by atoms with Gasteiger partial charge in [0, 0.05) is 12.6 Å². The Morgan fingerprint density at radius 1 is 1.57 bits per heavy atom. The van der Waals surface area contributed by atoms with Crippen molar-refractivity contribution < 1.29 is 14.1 Å². The summed E-state index contributed by atoms with van der Waals surface area (Å²) in [5.74, 6) is -0.784. The van der Waals surface area contributed by atoms with E-state index in [2.05, 4.69) is 0 Å². The highest BCUT2D eigenvalue weighted by Crippen LogP contribution is 2.22. The van der Waals surface area contributed by atoms with Crippen LogP contribution in [0.25, 0.3) is 0 Å². The number of hydrogen-bond acceptors (Lipinski definition) is 4. The minimum Gasteiger partial charge on any atom is -0.489 e. The summed E-state index contributed by atoms with van der Waals surface area (Å²) in [6.07, 6.45) is 0. The molecule has 6 heteroatoms. The fourth-order valence-electron chi connectivity index (χ4n) is 0.885. The first-order valence-electron chi connectivity index (χ1n) is 3.92. The average Bonchev–Trinajstić information content (AvgIpc) is 2.16. The van der Waals surface area contributed by atoms with Gasteiger partial charge in [0.25, 0.3) is 5.69 Å². The van der Waals surface area contributed by atoms with Gasteiger partial charge >= 0.3 is 0 Å². The van der Waals surface area contributed by atoms with Crippen molar-refractivity contribution in [1.82, 2.24) is 0 Å². The molecule has 0 amide bonds. The Hall–Kier alpha value is -1.69. The zero-order chi connectivity index (χ0) is 10.6. The Labute approximate surface area is 79.4 Å². The highest BCUT2D eigenvalue weighted by Gasteiger charge is 2.11. The summed E-state index contributed by atoms with van der Waals surface area (Å²) in [4.78, 5) is 9.72. The van der Waals surface area contributed by atoms with Gasteiger partial charge in [0.05, 0.1) is 11.0 Å².